The molecule has 0 radical (unpaired) electrons. The molecule has 1 atom stereocenters. The van der Waals surface area contributed by atoms with Crippen LogP contribution in [0.1, 0.15) is 18.4 Å². The van der Waals surface area contributed by atoms with Gasteiger partial charge in [-0.1, -0.05) is 17.7 Å². The maximum Gasteiger partial charge on any atom is 0.320 e. The SMILES string of the molecule is O=C(O)C1(Cc2ccc([N+](=O)[O-])cc2Cl)CCCS1. The van der Waals surface area contributed by atoms with Crippen LogP contribution >= 0.6 is 23.4 Å². The van der Waals surface area contributed by atoms with E-state index in [4.69, 9.17) is 11.6 Å². The van der Waals surface area contributed by atoms with Gasteiger partial charge in [0.15, 0.2) is 0 Å². The number of hydrogen-bond donors (Lipinski definition) is 1. The van der Waals surface area contributed by atoms with Gasteiger partial charge in [-0.2, -0.15) is 0 Å². The Labute approximate surface area is 119 Å². The molecular weight excluding hydrogens is 290 g/mol. The molecule has 2 rings (SSSR count). The molecule has 0 amide bonds. The molecule has 1 N–H and O–H groups in total. The molecule has 1 heterocycles. The molecule has 0 bridgehead atoms. The van der Waals surface area contributed by atoms with E-state index in [1.807, 2.05) is 0 Å². The summed E-state index contributed by atoms with van der Waals surface area (Å²) in [6.45, 7) is 0. The zero-order chi connectivity index (χ0) is 14.0. The van der Waals surface area contributed by atoms with Gasteiger partial charge < -0.3 is 5.11 Å². The Balaban J connectivity index is 2.28. The molecule has 5 nitrogen and oxygen atoms in total. The van der Waals surface area contributed by atoms with E-state index in [0.717, 1.165) is 12.2 Å². The Bertz CT molecular complexity index is 528. The van der Waals surface area contributed by atoms with E-state index in [2.05, 4.69) is 0 Å². The van der Waals surface area contributed by atoms with Gasteiger partial charge in [-0.25, -0.2) is 0 Å². The van der Waals surface area contributed by atoms with Crippen molar-refractivity contribution in [3.8, 4) is 0 Å². The molecular formula is C12H12ClNO4S. The minimum atomic E-state index is -0.847. The summed E-state index contributed by atoms with van der Waals surface area (Å²) < 4.78 is -0.847. The minimum Gasteiger partial charge on any atom is -0.480 e. The lowest BCUT2D eigenvalue weighted by Crippen LogP contribution is -2.34. The summed E-state index contributed by atoms with van der Waals surface area (Å²) in [5, 5.41) is 20.3. The second-order valence-corrected chi connectivity index (χ2v) is 6.35. The van der Waals surface area contributed by atoms with Crippen molar-refractivity contribution in [2.45, 2.75) is 24.0 Å². The van der Waals surface area contributed by atoms with Crippen LogP contribution in [0.5, 0.6) is 0 Å². The fraction of sp³-hybridized carbons (Fsp3) is 0.417. The number of non-ortho nitro benzene ring substituents is 1. The van der Waals surface area contributed by atoms with E-state index in [9.17, 15) is 20.0 Å². The number of halogens is 1. The maximum atomic E-state index is 11.4. The Hall–Kier alpha value is -1.27. The molecule has 1 unspecified atom stereocenters. The van der Waals surface area contributed by atoms with Crippen LogP contribution in [0.15, 0.2) is 18.2 Å². The lowest BCUT2D eigenvalue weighted by atomic mass is 9.94. The van der Waals surface area contributed by atoms with Crippen LogP contribution in [0.2, 0.25) is 5.02 Å². The smallest absolute Gasteiger partial charge is 0.320 e. The highest BCUT2D eigenvalue weighted by atomic mass is 35.5. The monoisotopic (exact) mass is 301 g/mol. The summed E-state index contributed by atoms with van der Waals surface area (Å²) in [4.78, 5) is 21.6. The fourth-order valence-electron chi connectivity index (χ4n) is 2.18. The standard InChI is InChI=1S/C12H12ClNO4S/c13-10-6-9(14(17)18)3-2-8(10)7-12(11(15)16)4-1-5-19-12/h2-3,6H,1,4-5,7H2,(H,15,16). The average molecular weight is 302 g/mol. The molecule has 0 aromatic heterocycles. The summed E-state index contributed by atoms with van der Waals surface area (Å²) in [6.07, 6.45) is 1.76. The highest BCUT2D eigenvalue weighted by molar-refractivity contribution is 8.01. The summed E-state index contributed by atoms with van der Waals surface area (Å²) in [5.41, 5.74) is 0.557. The molecule has 1 fully saturated rings. The molecule has 0 spiro atoms. The number of aliphatic carboxylic acids is 1. The van der Waals surface area contributed by atoms with Crippen molar-refractivity contribution in [3.05, 3.63) is 38.9 Å². The van der Waals surface area contributed by atoms with Gasteiger partial charge >= 0.3 is 5.97 Å². The van der Waals surface area contributed by atoms with Crippen LogP contribution in [0.25, 0.3) is 0 Å². The van der Waals surface area contributed by atoms with Crippen LogP contribution in [0, 0.1) is 10.1 Å². The average Bonchev–Trinajstić information content (AvgIpc) is 2.81. The first-order valence-electron chi connectivity index (χ1n) is 5.75. The van der Waals surface area contributed by atoms with E-state index in [1.165, 1.54) is 23.9 Å². The van der Waals surface area contributed by atoms with Crippen LogP contribution in [-0.4, -0.2) is 26.5 Å². The summed E-state index contributed by atoms with van der Waals surface area (Å²) >= 11 is 7.43. The molecule has 1 saturated heterocycles. The van der Waals surface area contributed by atoms with E-state index >= 15 is 0 Å². The third-order valence-corrected chi connectivity index (χ3v) is 5.14. The molecule has 1 aromatic carbocycles. The molecule has 0 aliphatic carbocycles. The normalized spacial score (nSPS) is 22.4. The van der Waals surface area contributed by atoms with Crippen molar-refractivity contribution < 1.29 is 14.8 Å². The quantitative estimate of drug-likeness (QED) is 0.682. The van der Waals surface area contributed by atoms with Gasteiger partial charge in [0.25, 0.3) is 5.69 Å². The van der Waals surface area contributed by atoms with Crippen molar-refractivity contribution in [3.63, 3.8) is 0 Å². The third-order valence-electron chi connectivity index (χ3n) is 3.22. The Morgan fingerprint density at radius 3 is 2.79 bits per heavy atom. The van der Waals surface area contributed by atoms with Crippen molar-refractivity contribution in [2.24, 2.45) is 0 Å². The molecule has 0 saturated carbocycles. The first-order valence-corrected chi connectivity index (χ1v) is 7.11. The molecule has 19 heavy (non-hydrogen) atoms. The first kappa shape index (κ1) is 14.1. The number of hydrogen-bond acceptors (Lipinski definition) is 4. The first-order chi connectivity index (χ1) is 8.94. The number of carboxylic acids is 1. The van der Waals surface area contributed by atoms with E-state index in [0.29, 0.717) is 18.4 Å². The summed E-state index contributed by atoms with van der Waals surface area (Å²) in [6, 6.07) is 4.17. The second-order valence-electron chi connectivity index (χ2n) is 4.46. The Kier molecular flexibility index (Phi) is 4.01. The van der Waals surface area contributed by atoms with Crippen molar-refractivity contribution in [1.82, 2.24) is 0 Å². The lowest BCUT2D eigenvalue weighted by Gasteiger charge is -2.23. The largest absolute Gasteiger partial charge is 0.480 e. The molecule has 1 aliphatic rings. The topological polar surface area (TPSA) is 80.4 Å². The molecule has 1 aliphatic heterocycles. The van der Waals surface area contributed by atoms with Crippen LogP contribution in [0.4, 0.5) is 5.69 Å². The van der Waals surface area contributed by atoms with E-state index in [-0.39, 0.29) is 10.7 Å². The zero-order valence-electron chi connectivity index (χ0n) is 9.97. The third kappa shape index (κ3) is 2.84. The fourth-order valence-corrected chi connectivity index (χ4v) is 3.77. The highest BCUT2D eigenvalue weighted by Gasteiger charge is 2.42. The van der Waals surface area contributed by atoms with Gasteiger partial charge in [0.2, 0.25) is 0 Å². The summed E-state index contributed by atoms with van der Waals surface area (Å²) in [7, 11) is 0. The van der Waals surface area contributed by atoms with Crippen LogP contribution in [0.3, 0.4) is 0 Å². The van der Waals surface area contributed by atoms with Crippen molar-refractivity contribution in [2.75, 3.05) is 5.75 Å². The van der Waals surface area contributed by atoms with E-state index in [1.54, 1.807) is 6.07 Å². The van der Waals surface area contributed by atoms with Crippen molar-refractivity contribution in [1.29, 1.82) is 0 Å². The highest BCUT2D eigenvalue weighted by Crippen LogP contribution is 2.42. The number of benzene rings is 1. The number of thioether (sulfide) groups is 1. The number of carbonyl (C=O) groups is 1. The van der Waals surface area contributed by atoms with Gasteiger partial charge in [0.05, 0.1) is 9.95 Å². The maximum absolute atomic E-state index is 11.4. The number of carboxylic acid groups (broad SMARTS) is 1. The predicted octanol–water partition coefficient (Wildman–Crippen LogP) is 3.14. The Morgan fingerprint density at radius 2 is 2.32 bits per heavy atom. The number of nitro benzene ring substituents is 1. The summed E-state index contributed by atoms with van der Waals surface area (Å²) in [5.74, 6) is -0.0268. The second kappa shape index (κ2) is 5.38. The van der Waals surface area contributed by atoms with E-state index < -0.39 is 15.6 Å². The van der Waals surface area contributed by atoms with Gasteiger partial charge in [0, 0.05) is 12.1 Å². The lowest BCUT2D eigenvalue weighted by molar-refractivity contribution is -0.384. The molecule has 7 heteroatoms. The molecule has 102 valence electrons. The minimum absolute atomic E-state index is 0.0859. The van der Waals surface area contributed by atoms with Crippen LogP contribution < -0.4 is 0 Å². The van der Waals surface area contributed by atoms with Gasteiger partial charge in [-0.15, -0.1) is 11.8 Å². The zero-order valence-corrected chi connectivity index (χ0v) is 11.5. The van der Waals surface area contributed by atoms with Gasteiger partial charge in [0.1, 0.15) is 4.75 Å². The van der Waals surface area contributed by atoms with Crippen molar-refractivity contribution >= 4 is 35.0 Å². The molecule has 1 aromatic rings. The van der Waals surface area contributed by atoms with Crippen LogP contribution in [-0.2, 0) is 11.2 Å². The predicted molar refractivity (Wildman–Crippen MR) is 73.9 cm³/mol. The van der Waals surface area contributed by atoms with Gasteiger partial charge in [-0.3, -0.25) is 14.9 Å². The Morgan fingerprint density at radius 1 is 1.58 bits per heavy atom. The van der Waals surface area contributed by atoms with Gasteiger partial charge in [-0.05, 0) is 30.6 Å². The number of nitrogens with zero attached hydrogens (tertiary/aromatic N) is 1. The number of rotatable bonds is 4. The number of nitro groups is 1.